The Labute approximate surface area is 146 Å². The van der Waals surface area contributed by atoms with E-state index >= 15 is 0 Å². The molecule has 0 bridgehead atoms. The van der Waals surface area contributed by atoms with Crippen LogP contribution in [-0.4, -0.2) is 20.9 Å². The molecule has 0 fully saturated rings. The van der Waals surface area contributed by atoms with E-state index in [-0.39, 0.29) is 16.1 Å². The maximum Gasteiger partial charge on any atom is 0.250 e. The van der Waals surface area contributed by atoms with Gasteiger partial charge in [0.25, 0.3) is 5.91 Å². The molecule has 0 aliphatic carbocycles. The van der Waals surface area contributed by atoms with Gasteiger partial charge in [-0.15, -0.1) is 0 Å². The summed E-state index contributed by atoms with van der Waals surface area (Å²) in [6.07, 6.45) is 3.43. The highest BCUT2D eigenvalue weighted by Gasteiger charge is 2.19. The van der Waals surface area contributed by atoms with Crippen molar-refractivity contribution in [1.82, 2.24) is 15.0 Å². The predicted octanol–water partition coefficient (Wildman–Crippen LogP) is 4.12. The van der Waals surface area contributed by atoms with Crippen LogP contribution in [-0.2, 0) is 0 Å². The van der Waals surface area contributed by atoms with Gasteiger partial charge in [0.15, 0.2) is 0 Å². The maximum atomic E-state index is 14.3. The van der Waals surface area contributed by atoms with Crippen molar-refractivity contribution in [3.8, 4) is 22.5 Å². The molecule has 4 rings (SSSR count). The van der Waals surface area contributed by atoms with E-state index in [1.165, 1.54) is 12.1 Å². The lowest BCUT2D eigenvalue weighted by Gasteiger charge is -2.04. The van der Waals surface area contributed by atoms with Gasteiger partial charge in [0.1, 0.15) is 11.5 Å². The molecule has 25 heavy (non-hydrogen) atoms. The first-order chi connectivity index (χ1) is 12.0. The fourth-order valence-electron chi connectivity index (χ4n) is 2.89. The second-order valence-electron chi connectivity index (χ2n) is 5.56. The van der Waals surface area contributed by atoms with Crippen LogP contribution in [0.1, 0.15) is 10.4 Å². The van der Waals surface area contributed by atoms with Crippen molar-refractivity contribution in [2.75, 3.05) is 0 Å². The van der Waals surface area contributed by atoms with Crippen LogP contribution in [0.3, 0.4) is 0 Å². The minimum Gasteiger partial charge on any atom is -0.366 e. The van der Waals surface area contributed by atoms with Gasteiger partial charge in [-0.25, -0.2) is 9.37 Å². The fourth-order valence-corrected chi connectivity index (χ4v) is 3.05. The number of nitrogens with one attached hydrogen (secondary N) is 2. The second kappa shape index (κ2) is 5.75. The van der Waals surface area contributed by atoms with Crippen LogP contribution in [0.15, 0.2) is 48.8 Å². The molecule has 3 aromatic heterocycles. The Morgan fingerprint density at radius 2 is 2.00 bits per heavy atom. The van der Waals surface area contributed by atoms with E-state index in [0.29, 0.717) is 17.0 Å². The van der Waals surface area contributed by atoms with Gasteiger partial charge in [0.05, 0.1) is 11.3 Å². The molecule has 124 valence electrons. The molecule has 3 heterocycles. The molecule has 1 aromatic carbocycles. The Hall–Kier alpha value is -3.12. The molecule has 0 saturated heterocycles. The molecule has 7 heteroatoms. The zero-order chi connectivity index (χ0) is 17.6. The van der Waals surface area contributed by atoms with Crippen LogP contribution < -0.4 is 5.73 Å². The van der Waals surface area contributed by atoms with Gasteiger partial charge in [-0.05, 0) is 36.4 Å². The van der Waals surface area contributed by atoms with E-state index in [4.69, 9.17) is 17.3 Å². The van der Waals surface area contributed by atoms with E-state index in [2.05, 4.69) is 15.0 Å². The van der Waals surface area contributed by atoms with Crippen molar-refractivity contribution >= 4 is 28.5 Å². The van der Waals surface area contributed by atoms with Crippen LogP contribution in [0.25, 0.3) is 33.5 Å². The van der Waals surface area contributed by atoms with E-state index in [1.807, 2.05) is 12.1 Å². The number of benzene rings is 1. The minimum absolute atomic E-state index is 0.205. The number of pyridine rings is 1. The molecule has 1 amide bonds. The first-order valence-corrected chi connectivity index (χ1v) is 7.83. The average molecular weight is 355 g/mol. The van der Waals surface area contributed by atoms with E-state index in [9.17, 15) is 9.18 Å². The summed E-state index contributed by atoms with van der Waals surface area (Å²) in [7, 11) is 0. The van der Waals surface area contributed by atoms with E-state index < -0.39 is 11.7 Å². The molecule has 4 N–H and O–H groups in total. The first-order valence-electron chi connectivity index (χ1n) is 7.45. The third-order valence-electron chi connectivity index (χ3n) is 4.03. The number of halogens is 2. The number of carbonyl (C=O) groups excluding carboxylic acids is 1. The Kier molecular flexibility index (Phi) is 3.54. The highest BCUT2D eigenvalue weighted by Crippen LogP contribution is 2.33. The Bertz CT molecular complexity index is 1120. The summed E-state index contributed by atoms with van der Waals surface area (Å²) in [6.45, 7) is 0. The summed E-state index contributed by atoms with van der Waals surface area (Å²) in [5.41, 5.74) is 8.42. The highest BCUT2D eigenvalue weighted by atomic mass is 35.5. The molecule has 0 spiro atoms. The van der Waals surface area contributed by atoms with Crippen LogP contribution in [0.5, 0.6) is 0 Å². The lowest BCUT2D eigenvalue weighted by Crippen LogP contribution is -2.11. The Balaban J connectivity index is 1.95. The minimum atomic E-state index is -0.647. The lowest BCUT2D eigenvalue weighted by molar-refractivity contribution is 0.100. The number of carbonyl (C=O) groups is 1. The molecule has 0 unspecified atom stereocenters. The number of hydrogen-bond donors (Lipinski definition) is 3. The molecule has 5 nitrogen and oxygen atoms in total. The van der Waals surface area contributed by atoms with Gasteiger partial charge in [-0.3, -0.25) is 4.79 Å². The smallest absolute Gasteiger partial charge is 0.250 e. The second-order valence-corrected chi connectivity index (χ2v) is 6.00. The summed E-state index contributed by atoms with van der Waals surface area (Å²) < 4.78 is 14.3. The normalized spacial score (nSPS) is 11.1. The van der Waals surface area contributed by atoms with Crippen molar-refractivity contribution in [2.24, 2.45) is 5.73 Å². The molecular formula is C18H12ClFN4O. The number of aromatic nitrogens is 3. The van der Waals surface area contributed by atoms with Gasteiger partial charge >= 0.3 is 0 Å². The van der Waals surface area contributed by atoms with E-state index in [0.717, 1.165) is 10.9 Å². The molecule has 0 saturated carbocycles. The number of aromatic amines is 2. The summed E-state index contributed by atoms with van der Waals surface area (Å²) >= 11 is 5.81. The van der Waals surface area contributed by atoms with Crippen LogP contribution >= 0.6 is 11.6 Å². The van der Waals surface area contributed by atoms with Gasteiger partial charge in [-0.1, -0.05) is 11.6 Å². The fraction of sp³-hybridized carbons (Fsp3) is 0. The molecule has 0 atom stereocenters. The van der Waals surface area contributed by atoms with Gasteiger partial charge < -0.3 is 15.7 Å². The highest BCUT2D eigenvalue weighted by molar-refractivity contribution is 6.30. The van der Waals surface area contributed by atoms with E-state index in [1.54, 1.807) is 24.5 Å². The van der Waals surface area contributed by atoms with Gasteiger partial charge in [-0.2, -0.15) is 0 Å². The van der Waals surface area contributed by atoms with Crippen LogP contribution in [0, 0.1) is 5.82 Å². The summed E-state index contributed by atoms with van der Waals surface area (Å²) in [4.78, 5) is 22.2. The quantitative estimate of drug-likeness (QED) is 0.517. The first kappa shape index (κ1) is 15.4. The van der Waals surface area contributed by atoms with Crippen molar-refractivity contribution in [3.63, 3.8) is 0 Å². The molecule has 0 aliphatic heterocycles. The van der Waals surface area contributed by atoms with Crippen molar-refractivity contribution in [1.29, 1.82) is 0 Å². The van der Waals surface area contributed by atoms with Crippen LogP contribution in [0.2, 0.25) is 5.02 Å². The standard InChI is InChI=1S/C18H12ClFN4O/c19-9-1-2-12(14(20)7-9)16-13(17(21)25)8-15(24-16)10-3-5-22-18-11(10)4-6-23-18/h1-8,24H,(H2,21,25)(H,22,23). The lowest BCUT2D eigenvalue weighted by atomic mass is 10.1. The third kappa shape index (κ3) is 2.56. The molecule has 0 aliphatic rings. The summed E-state index contributed by atoms with van der Waals surface area (Å²) in [6, 6.07) is 9.58. The number of rotatable bonds is 3. The Morgan fingerprint density at radius 3 is 2.76 bits per heavy atom. The average Bonchev–Trinajstić information content (AvgIpc) is 3.21. The SMILES string of the molecule is NC(=O)c1cc(-c2ccnc3[nH]ccc23)[nH]c1-c1ccc(Cl)cc1F. The summed E-state index contributed by atoms with van der Waals surface area (Å²) in [5.74, 6) is -1.18. The summed E-state index contributed by atoms with van der Waals surface area (Å²) in [5, 5.41) is 1.15. The molecular weight excluding hydrogens is 343 g/mol. The van der Waals surface area contributed by atoms with Crippen LogP contribution in [0.4, 0.5) is 4.39 Å². The van der Waals surface area contributed by atoms with Crippen molar-refractivity contribution < 1.29 is 9.18 Å². The topological polar surface area (TPSA) is 87.6 Å². The number of H-pyrrole nitrogens is 2. The molecule has 4 aromatic rings. The van der Waals surface area contributed by atoms with Crippen molar-refractivity contribution in [2.45, 2.75) is 0 Å². The number of nitrogens with zero attached hydrogens (tertiary/aromatic N) is 1. The number of nitrogens with two attached hydrogens (primary N) is 1. The zero-order valence-corrected chi connectivity index (χ0v) is 13.6. The van der Waals surface area contributed by atoms with Gasteiger partial charge in [0.2, 0.25) is 0 Å². The zero-order valence-electron chi connectivity index (χ0n) is 12.8. The Morgan fingerprint density at radius 1 is 1.16 bits per heavy atom. The number of fused-ring (bicyclic) bond motifs is 1. The van der Waals surface area contributed by atoms with Gasteiger partial charge in [0, 0.05) is 39.6 Å². The number of amides is 1. The molecule has 0 radical (unpaired) electrons. The van der Waals surface area contributed by atoms with Crippen molar-refractivity contribution in [3.05, 3.63) is 65.2 Å². The number of hydrogen-bond acceptors (Lipinski definition) is 2. The maximum absolute atomic E-state index is 14.3. The number of primary amides is 1. The monoisotopic (exact) mass is 354 g/mol. The third-order valence-corrected chi connectivity index (χ3v) is 4.27. The largest absolute Gasteiger partial charge is 0.366 e. The predicted molar refractivity (Wildman–Crippen MR) is 94.8 cm³/mol.